The van der Waals surface area contributed by atoms with Crippen molar-refractivity contribution in [3.05, 3.63) is 52.4 Å². The summed E-state index contributed by atoms with van der Waals surface area (Å²) in [5.74, 6) is 0. The van der Waals surface area contributed by atoms with E-state index >= 15 is 0 Å². The summed E-state index contributed by atoms with van der Waals surface area (Å²) in [6.45, 7) is 0.641. The van der Waals surface area contributed by atoms with Gasteiger partial charge in [-0.15, -0.1) is 0 Å². The smallest absolute Gasteiger partial charge is 0.103 e. The van der Waals surface area contributed by atoms with Crippen LogP contribution in [0.15, 0.2) is 45.7 Å². The minimum Gasteiger partial charge on any atom is -0.472 e. The molecule has 0 saturated carbocycles. The molecule has 0 fully saturated rings. The minimum atomic E-state index is 0.617. The SMILES string of the molecule is N#Cc1c(Br)cccc1NCc1ccoc1. The Bertz CT molecular complexity index is 514. The first-order valence-electron chi connectivity index (χ1n) is 4.75. The highest BCUT2D eigenvalue weighted by Crippen LogP contribution is 2.24. The number of furan rings is 1. The van der Waals surface area contributed by atoms with Crippen molar-refractivity contribution in [2.24, 2.45) is 0 Å². The number of nitrogens with zero attached hydrogens (tertiary/aromatic N) is 1. The van der Waals surface area contributed by atoms with Crippen molar-refractivity contribution < 1.29 is 4.42 Å². The van der Waals surface area contributed by atoms with Gasteiger partial charge < -0.3 is 9.73 Å². The predicted molar refractivity (Wildman–Crippen MR) is 64.9 cm³/mol. The van der Waals surface area contributed by atoms with E-state index in [1.807, 2.05) is 24.3 Å². The highest BCUT2D eigenvalue weighted by atomic mass is 79.9. The molecule has 0 spiro atoms. The number of benzene rings is 1. The molecule has 0 atom stereocenters. The van der Waals surface area contributed by atoms with Crippen LogP contribution in [0.25, 0.3) is 0 Å². The standard InChI is InChI=1S/C12H9BrN2O/c13-11-2-1-3-12(10(11)6-14)15-7-9-4-5-16-8-9/h1-5,8,15H,7H2. The third kappa shape index (κ3) is 2.26. The van der Waals surface area contributed by atoms with Crippen molar-refractivity contribution in [1.29, 1.82) is 5.26 Å². The Labute approximate surface area is 102 Å². The fourth-order valence-corrected chi connectivity index (χ4v) is 1.83. The van der Waals surface area contributed by atoms with Gasteiger partial charge in [0.05, 0.1) is 23.8 Å². The molecule has 1 aromatic carbocycles. The number of hydrogen-bond donors (Lipinski definition) is 1. The lowest BCUT2D eigenvalue weighted by Gasteiger charge is -2.07. The Morgan fingerprint density at radius 2 is 2.25 bits per heavy atom. The number of anilines is 1. The van der Waals surface area contributed by atoms with Crippen molar-refractivity contribution >= 4 is 21.6 Å². The highest BCUT2D eigenvalue weighted by Gasteiger charge is 2.05. The molecule has 0 radical (unpaired) electrons. The third-order valence-corrected chi connectivity index (χ3v) is 2.85. The maximum atomic E-state index is 9.02. The van der Waals surface area contributed by atoms with E-state index in [0.717, 1.165) is 15.7 Å². The number of nitrogens with one attached hydrogen (secondary N) is 1. The molecule has 0 aliphatic rings. The van der Waals surface area contributed by atoms with Gasteiger partial charge in [-0.3, -0.25) is 0 Å². The highest BCUT2D eigenvalue weighted by molar-refractivity contribution is 9.10. The third-order valence-electron chi connectivity index (χ3n) is 2.19. The van der Waals surface area contributed by atoms with Gasteiger partial charge in [0.15, 0.2) is 0 Å². The molecule has 0 aliphatic heterocycles. The molecule has 2 aromatic rings. The summed E-state index contributed by atoms with van der Waals surface area (Å²) < 4.78 is 5.77. The summed E-state index contributed by atoms with van der Waals surface area (Å²) in [6, 6.07) is 9.67. The van der Waals surface area contributed by atoms with Gasteiger partial charge in [-0.25, -0.2) is 0 Å². The van der Waals surface area contributed by atoms with Gasteiger partial charge in [0.1, 0.15) is 6.07 Å². The molecule has 1 aromatic heterocycles. The maximum absolute atomic E-state index is 9.02. The average Bonchev–Trinajstić information content (AvgIpc) is 2.79. The van der Waals surface area contributed by atoms with Gasteiger partial charge in [-0.2, -0.15) is 5.26 Å². The Kier molecular flexibility index (Phi) is 3.28. The van der Waals surface area contributed by atoms with Crippen LogP contribution in [-0.4, -0.2) is 0 Å². The second-order valence-electron chi connectivity index (χ2n) is 3.26. The molecular weight excluding hydrogens is 268 g/mol. The molecule has 80 valence electrons. The second kappa shape index (κ2) is 4.86. The first-order chi connectivity index (χ1) is 7.81. The molecule has 1 heterocycles. The summed E-state index contributed by atoms with van der Waals surface area (Å²) in [5, 5.41) is 12.2. The zero-order valence-electron chi connectivity index (χ0n) is 8.40. The van der Waals surface area contributed by atoms with E-state index in [-0.39, 0.29) is 0 Å². The van der Waals surface area contributed by atoms with E-state index in [2.05, 4.69) is 27.3 Å². The van der Waals surface area contributed by atoms with Crippen LogP contribution in [0.3, 0.4) is 0 Å². The zero-order chi connectivity index (χ0) is 11.4. The van der Waals surface area contributed by atoms with Crippen molar-refractivity contribution in [3.63, 3.8) is 0 Å². The van der Waals surface area contributed by atoms with Crippen LogP contribution in [0.4, 0.5) is 5.69 Å². The van der Waals surface area contributed by atoms with Crippen molar-refractivity contribution in [3.8, 4) is 6.07 Å². The molecule has 0 aliphatic carbocycles. The largest absolute Gasteiger partial charge is 0.472 e. The summed E-state index contributed by atoms with van der Waals surface area (Å²) in [6.07, 6.45) is 3.31. The van der Waals surface area contributed by atoms with E-state index in [1.54, 1.807) is 12.5 Å². The lowest BCUT2D eigenvalue weighted by atomic mass is 10.2. The molecule has 4 heteroatoms. The molecular formula is C12H9BrN2O. The number of nitriles is 1. The molecule has 0 amide bonds. The topological polar surface area (TPSA) is 49.0 Å². The molecule has 16 heavy (non-hydrogen) atoms. The van der Waals surface area contributed by atoms with Gasteiger partial charge in [0, 0.05) is 16.6 Å². The molecule has 2 rings (SSSR count). The lowest BCUT2D eigenvalue weighted by Crippen LogP contribution is -2.00. The fourth-order valence-electron chi connectivity index (χ4n) is 1.38. The lowest BCUT2D eigenvalue weighted by molar-refractivity contribution is 0.564. The van der Waals surface area contributed by atoms with Gasteiger partial charge >= 0.3 is 0 Å². The summed E-state index contributed by atoms with van der Waals surface area (Å²) in [4.78, 5) is 0. The molecule has 0 bridgehead atoms. The van der Waals surface area contributed by atoms with Crippen LogP contribution in [0, 0.1) is 11.3 Å². The summed E-state index contributed by atoms with van der Waals surface area (Å²) in [7, 11) is 0. The minimum absolute atomic E-state index is 0.617. The van der Waals surface area contributed by atoms with Crippen LogP contribution >= 0.6 is 15.9 Å². The van der Waals surface area contributed by atoms with E-state index in [9.17, 15) is 0 Å². The van der Waals surface area contributed by atoms with Gasteiger partial charge in [-0.05, 0) is 34.1 Å². The number of hydrogen-bond acceptors (Lipinski definition) is 3. The van der Waals surface area contributed by atoms with Gasteiger partial charge in [0.25, 0.3) is 0 Å². The Balaban J connectivity index is 2.16. The van der Waals surface area contributed by atoms with Crippen LogP contribution in [0.2, 0.25) is 0 Å². The average molecular weight is 277 g/mol. The first-order valence-corrected chi connectivity index (χ1v) is 5.54. The zero-order valence-corrected chi connectivity index (χ0v) is 9.99. The van der Waals surface area contributed by atoms with E-state index < -0.39 is 0 Å². The normalized spacial score (nSPS) is 9.75. The van der Waals surface area contributed by atoms with Crippen molar-refractivity contribution in [2.45, 2.75) is 6.54 Å². The van der Waals surface area contributed by atoms with Gasteiger partial charge in [-0.1, -0.05) is 6.07 Å². The monoisotopic (exact) mass is 276 g/mol. The Morgan fingerprint density at radius 3 is 2.94 bits per heavy atom. The Morgan fingerprint density at radius 1 is 1.38 bits per heavy atom. The first kappa shape index (κ1) is 10.8. The molecule has 1 N–H and O–H groups in total. The summed E-state index contributed by atoms with van der Waals surface area (Å²) >= 11 is 3.35. The number of rotatable bonds is 3. The van der Waals surface area contributed by atoms with Crippen LogP contribution in [-0.2, 0) is 6.54 Å². The predicted octanol–water partition coefficient (Wildman–Crippen LogP) is 3.53. The van der Waals surface area contributed by atoms with Crippen LogP contribution < -0.4 is 5.32 Å². The van der Waals surface area contributed by atoms with Crippen molar-refractivity contribution in [1.82, 2.24) is 0 Å². The van der Waals surface area contributed by atoms with Crippen LogP contribution in [0.5, 0.6) is 0 Å². The Hall–Kier alpha value is -1.73. The molecule has 0 unspecified atom stereocenters. The summed E-state index contributed by atoms with van der Waals surface area (Å²) in [5.41, 5.74) is 2.48. The maximum Gasteiger partial charge on any atom is 0.103 e. The fraction of sp³-hybridized carbons (Fsp3) is 0.0833. The van der Waals surface area contributed by atoms with E-state index in [4.69, 9.17) is 9.68 Å². The van der Waals surface area contributed by atoms with Gasteiger partial charge in [0.2, 0.25) is 0 Å². The quantitative estimate of drug-likeness (QED) is 0.933. The second-order valence-corrected chi connectivity index (χ2v) is 4.11. The number of halogens is 1. The van der Waals surface area contributed by atoms with Crippen molar-refractivity contribution in [2.75, 3.05) is 5.32 Å². The molecule has 0 saturated heterocycles. The van der Waals surface area contributed by atoms with Crippen LogP contribution in [0.1, 0.15) is 11.1 Å². The molecule has 3 nitrogen and oxygen atoms in total. The van der Waals surface area contributed by atoms with E-state index in [0.29, 0.717) is 12.1 Å². The van der Waals surface area contributed by atoms with E-state index in [1.165, 1.54) is 0 Å².